The number of cyclic esters (lactones) is 1. The van der Waals surface area contributed by atoms with E-state index in [0.717, 1.165) is 12.8 Å². The summed E-state index contributed by atoms with van der Waals surface area (Å²) in [5.74, 6) is -3.11. The highest BCUT2D eigenvalue weighted by Gasteiger charge is 2.69. The SMILES string of the molecule is CCC(C)(CC(C)(CC(C)(C)C(=O)OC1CC(C)(C)OC1=O)C(=O)OC12CC3CC(O)(CC(O)(C3)C1)C2)C(=O)OC12CC3CC(O)(C1)CC(C(=O)OC1CCCCO1)(C3)C2. The first-order chi connectivity index (χ1) is 27.7. The molecule has 14 nitrogen and oxygen atoms in total. The van der Waals surface area contributed by atoms with Crippen LogP contribution in [0.2, 0.25) is 0 Å². The highest BCUT2D eigenvalue weighted by Crippen LogP contribution is 2.66. The molecule has 10 rings (SSSR count). The van der Waals surface area contributed by atoms with Gasteiger partial charge in [-0.3, -0.25) is 19.2 Å². The molecule has 0 aromatic carbocycles. The predicted molar refractivity (Wildman–Crippen MR) is 211 cm³/mol. The van der Waals surface area contributed by atoms with E-state index in [1.807, 2.05) is 6.92 Å². The van der Waals surface area contributed by atoms with Crippen molar-refractivity contribution in [3.63, 3.8) is 0 Å². The second kappa shape index (κ2) is 14.1. The van der Waals surface area contributed by atoms with Gasteiger partial charge < -0.3 is 43.7 Å². The van der Waals surface area contributed by atoms with Gasteiger partial charge in [-0.15, -0.1) is 0 Å². The van der Waals surface area contributed by atoms with Gasteiger partial charge in [0.05, 0.1) is 45.1 Å². The fourth-order valence-electron chi connectivity index (χ4n) is 14.4. The maximum absolute atomic E-state index is 15.0. The van der Waals surface area contributed by atoms with E-state index in [1.165, 1.54) is 0 Å². The Hall–Kier alpha value is -2.81. The molecule has 0 amide bonds. The zero-order valence-electron chi connectivity index (χ0n) is 36.8. The summed E-state index contributed by atoms with van der Waals surface area (Å²) >= 11 is 0. The van der Waals surface area contributed by atoms with Crippen LogP contribution in [-0.2, 0) is 52.4 Å². The Morgan fingerprint density at radius 1 is 0.683 bits per heavy atom. The van der Waals surface area contributed by atoms with E-state index < -0.39 is 97.5 Å². The lowest BCUT2D eigenvalue weighted by atomic mass is 9.46. The van der Waals surface area contributed by atoms with Crippen molar-refractivity contribution in [1.29, 1.82) is 0 Å². The molecule has 14 heteroatoms. The standard InChI is InChI=1S/C46H68O14/c1-8-39(6,34(49)59-45-17-28-13-41(23-45,22-42(52,14-28)25-45)36(51)57-31-11-9-10-12-55-31)21-40(7,20-37(2,3)33(48)56-30-19-38(4,5)58-32(30)47)35(50)60-46-18-29-15-43(53,26-46)24-44(54,16-29)27-46/h28-31,52-54H,8-27H2,1-7H3. The number of aliphatic hydroxyl groups is 3. The first-order valence-electron chi connectivity index (χ1n) is 22.6. The van der Waals surface area contributed by atoms with Crippen LogP contribution in [0.5, 0.6) is 0 Å². The third-order valence-electron chi connectivity index (χ3n) is 15.9. The summed E-state index contributed by atoms with van der Waals surface area (Å²) in [4.78, 5) is 70.6. The van der Waals surface area contributed by atoms with Crippen molar-refractivity contribution < 1.29 is 67.7 Å². The maximum atomic E-state index is 15.0. The molecule has 3 N–H and O–H groups in total. The Labute approximate surface area is 353 Å². The third kappa shape index (κ3) is 8.02. The van der Waals surface area contributed by atoms with Gasteiger partial charge in [0.2, 0.25) is 12.4 Å². The number of carbonyl (C=O) groups is 5. The Kier molecular flexibility index (Phi) is 10.3. The predicted octanol–water partition coefficient (Wildman–Crippen LogP) is 5.66. The number of carbonyl (C=O) groups excluding carboxylic acids is 5. The lowest BCUT2D eigenvalue weighted by molar-refractivity contribution is -0.265. The van der Waals surface area contributed by atoms with Crippen LogP contribution >= 0.6 is 0 Å². The summed E-state index contributed by atoms with van der Waals surface area (Å²) in [5.41, 5.74) is -11.9. The minimum atomic E-state index is -1.53. The minimum Gasteiger partial charge on any atom is -0.458 e. The molecule has 0 spiro atoms. The summed E-state index contributed by atoms with van der Waals surface area (Å²) < 4.78 is 36.0. The molecular weight excluding hydrogens is 776 g/mol. The number of esters is 5. The summed E-state index contributed by atoms with van der Waals surface area (Å²) in [7, 11) is 0. The molecule has 8 bridgehead atoms. The fraction of sp³-hybridized carbons (Fsp3) is 0.891. The van der Waals surface area contributed by atoms with Crippen LogP contribution in [-0.4, -0.2) is 97.8 Å². The average molecular weight is 845 g/mol. The minimum absolute atomic E-state index is 0.0288. The topological polar surface area (TPSA) is 201 Å². The molecule has 2 heterocycles. The summed E-state index contributed by atoms with van der Waals surface area (Å²) in [6.45, 7) is 12.5. The molecule has 10 atom stereocenters. The third-order valence-corrected chi connectivity index (χ3v) is 15.9. The second-order valence-corrected chi connectivity index (χ2v) is 23.3. The first-order valence-corrected chi connectivity index (χ1v) is 22.6. The molecule has 10 fully saturated rings. The zero-order valence-corrected chi connectivity index (χ0v) is 36.8. The molecule has 0 aromatic heterocycles. The monoisotopic (exact) mass is 844 g/mol. The molecule has 8 saturated carbocycles. The lowest BCUT2D eigenvalue weighted by Gasteiger charge is -2.63. The van der Waals surface area contributed by atoms with Crippen molar-refractivity contribution in [2.24, 2.45) is 33.5 Å². The smallest absolute Gasteiger partial charge is 0.348 e. The molecule has 10 aliphatic rings. The molecular formula is C46H68O14. The van der Waals surface area contributed by atoms with Crippen molar-refractivity contribution in [3.8, 4) is 0 Å². The number of rotatable bonds is 13. The van der Waals surface area contributed by atoms with Gasteiger partial charge in [0.1, 0.15) is 16.8 Å². The average Bonchev–Trinajstić information content (AvgIpc) is 3.35. The molecule has 336 valence electrons. The molecule has 0 radical (unpaired) electrons. The van der Waals surface area contributed by atoms with Crippen molar-refractivity contribution in [2.45, 2.75) is 216 Å². The number of ether oxygens (including phenoxy) is 6. The van der Waals surface area contributed by atoms with Crippen LogP contribution in [0.25, 0.3) is 0 Å². The Morgan fingerprint density at radius 2 is 1.25 bits per heavy atom. The van der Waals surface area contributed by atoms with Gasteiger partial charge in [0.15, 0.2) is 0 Å². The molecule has 10 unspecified atom stereocenters. The van der Waals surface area contributed by atoms with E-state index in [0.29, 0.717) is 51.6 Å². The number of hydrogen-bond donors (Lipinski definition) is 3. The van der Waals surface area contributed by atoms with Crippen molar-refractivity contribution in [1.82, 2.24) is 0 Å². The van der Waals surface area contributed by atoms with Crippen molar-refractivity contribution >= 4 is 29.8 Å². The first kappa shape index (κ1) is 43.8. The number of hydrogen-bond acceptors (Lipinski definition) is 14. The Bertz CT molecular complexity index is 1780. The second-order valence-electron chi connectivity index (χ2n) is 23.3. The summed E-state index contributed by atoms with van der Waals surface area (Å²) in [6, 6.07) is 0. The van der Waals surface area contributed by atoms with Gasteiger partial charge >= 0.3 is 29.8 Å². The van der Waals surface area contributed by atoms with E-state index in [2.05, 4.69) is 0 Å². The molecule has 60 heavy (non-hydrogen) atoms. The zero-order chi connectivity index (χ0) is 43.6. The van der Waals surface area contributed by atoms with Gasteiger partial charge in [0.25, 0.3) is 0 Å². The molecule has 2 saturated heterocycles. The lowest BCUT2D eigenvalue weighted by Crippen LogP contribution is -2.67. The molecule has 0 aromatic rings. The van der Waals surface area contributed by atoms with Gasteiger partial charge in [-0.2, -0.15) is 0 Å². The molecule has 2 aliphatic heterocycles. The van der Waals surface area contributed by atoms with E-state index in [-0.39, 0.29) is 76.0 Å². The Morgan fingerprint density at radius 3 is 1.77 bits per heavy atom. The largest absolute Gasteiger partial charge is 0.458 e. The van der Waals surface area contributed by atoms with Crippen molar-refractivity contribution in [2.75, 3.05) is 6.61 Å². The summed E-state index contributed by atoms with van der Waals surface area (Å²) in [6.07, 6.45) is 5.09. The van der Waals surface area contributed by atoms with E-state index >= 15 is 4.79 Å². The summed E-state index contributed by atoms with van der Waals surface area (Å²) in [5, 5.41) is 35.0. The van der Waals surface area contributed by atoms with Gasteiger partial charge in [-0.05, 0) is 130 Å². The van der Waals surface area contributed by atoms with Crippen molar-refractivity contribution in [3.05, 3.63) is 0 Å². The van der Waals surface area contributed by atoms with E-state index in [1.54, 1.807) is 41.5 Å². The molecule has 8 aliphatic carbocycles. The quantitative estimate of drug-likeness (QED) is 0.151. The van der Waals surface area contributed by atoms with Gasteiger partial charge in [0, 0.05) is 44.9 Å². The van der Waals surface area contributed by atoms with Gasteiger partial charge in [-0.25, -0.2) is 4.79 Å². The van der Waals surface area contributed by atoms with Crippen LogP contribution in [0, 0.1) is 33.5 Å². The Balaban J connectivity index is 1.06. The van der Waals surface area contributed by atoms with E-state index in [9.17, 15) is 34.5 Å². The van der Waals surface area contributed by atoms with Crippen LogP contribution in [0.15, 0.2) is 0 Å². The van der Waals surface area contributed by atoms with Gasteiger partial charge in [-0.1, -0.05) is 6.92 Å². The highest BCUT2D eigenvalue weighted by atomic mass is 16.7. The van der Waals surface area contributed by atoms with Crippen LogP contribution in [0.4, 0.5) is 0 Å². The fourth-order valence-corrected chi connectivity index (χ4v) is 14.4. The van der Waals surface area contributed by atoms with Crippen LogP contribution < -0.4 is 0 Å². The normalized spacial score (nSPS) is 43.1. The van der Waals surface area contributed by atoms with Crippen LogP contribution in [0.1, 0.15) is 170 Å². The van der Waals surface area contributed by atoms with Crippen LogP contribution in [0.3, 0.4) is 0 Å². The maximum Gasteiger partial charge on any atom is 0.348 e. The van der Waals surface area contributed by atoms with E-state index in [4.69, 9.17) is 28.4 Å². The highest BCUT2D eigenvalue weighted by molar-refractivity contribution is 5.85.